The van der Waals surface area contributed by atoms with Crippen molar-refractivity contribution in [1.82, 2.24) is 29.9 Å². The average molecular weight is 559 g/mol. The van der Waals surface area contributed by atoms with Crippen LogP contribution in [0.15, 0.2) is 67.1 Å². The van der Waals surface area contributed by atoms with Gasteiger partial charge in [-0.15, -0.1) is 0 Å². The van der Waals surface area contributed by atoms with Crippen LogP contribution in [0.3, 0.4) is 0 Å². The van der Waals surface area contributed by atoms with Crippen molar-refractivity contribution in [3.63, 3.8) is 0 Å². The monoisotopic (exact) mass is 558 g/mol. The van der Waals surface area contributed by atoms with Gasteiger partial charge in [-0.05, 0) is 32.0 Å². The molecule has 0 aliphatic carbocycles. The number of ether oxygens (including phenoxy) is 1. The number of likely N-dealkylation sites (tertiary alicyclic amines) is 1. The maximum Gasteiger partial charge on any atom is 0.317 e. The number of nitrogens with zero attached hydrogens (tertiary/aromatic N) is 6. The molecule has 1 unspecified atom stereocenters. The number of alkyl halides is 3. The molecular weight excluding hydrogens is 525 g/mol. The summed E-state index contributed by atoms with van der Waals surface area (Å²) in [4.78, 5) is 33.6. The minimum atomic E-state index is -3.13. The van der Waals surface area contributed by atoms with Crippen LogP contribution in [-0.4, -0.2) is 73.8 Å². The molecule has 2 aromatic heterocycles. The van der Waals surface area contributed by atoms with Gasteiger partial charge in [0.1, 0.15) is 5.78 Å². The van der Waals surface area contributed by atoms with Gasteiger partial charge in [-0.3, -0.25) is 9.18 Å². The minimum absolute atomic E-state index is 0.106. The fourth-order valence-corrected chi connectivity index (χ4v) is 3.66. The summed E-state index contributed by atoms with van der Waals surface area (Å²) in [7, 11) is 0.500. The number of halogens is 3. The molecule has 2 aromatic carbocycles. The Balaban J connectivity index is 0.000000634. The molecular formula is C28H33F3N6O3. The van der Waals surface area contributed by atoms with Crippen LogP contribution >= 0.6 is 0 Å². The van der Waals surface area contributed by atoms with E-state index >= 15 is 0 Å². The Morgan fingerprint density at radius 1 is 0.975 bits per heavy atom. The van der Waals surface area contributed by atoms with Crippen LogP contribution in [0.5, 0.6) is 6.01 Å². The van der Waals surface area contributed by atoms with Crippen LogP contribution in [0.1, 0.15) is 44.5 Å². The van der Waals surface area contributed by atoms with E-state index in [4.69, 9.17) is 4.74 Å². The maximum atomic E-state index is 14.7. The van der Waals surface area contributed by atoms with Gasteiger partial charge in [-0.2, -0.15) is 20.0 Å². The zero-order chi connectivity index (χ0) is 29.7. The maximum absolute atomic E-state index is 14.7. The number of fused-ring (bicyclic) bond motifs is 1. The van der Waals surface area contributed by atoms with Crippen LogP contribution in [0.2, 0.25) is 0 Å². The highest BCUT2D eigenvalue weighted by Gasteiger charge is 2.47. The highest BCUT2D eigenvalue weighted by Crippen LogP contribution is 2.32. The molecule has 1 saturated heterocycles. The lowest BCUT2D eigenvalue weighted by molar-refractivity contribution is -0.132. The molecule has 1 aliphatic heterocycles. The van der Waals surface area contributed by atoms with Gasteiger partial charge in [0.05, 0.1) is 42.9 Å². The minimum Gasteiger partial charge on any atom is -0.452 e. The topological polar surface area (TPSA) is 103 Å². The molecule has 0 bridgehead atoms. The van der Waals surface area contributed by atoms with Crippen molar-refractivity contribution in [1.29, 1.82) is 0 Å². The number of piperidine rings is 1. The Morgan fingerprint density at radius 2 is 1.57 bits per heavy atom. The smallest absolute Gasteiger partial charge is 0.317 e. The molecule has 12 heteroatoms. The first kappa shape index (κ1) is 31.9. The van der Waals surface area contributed by atoms with Crippen LogP contribution in [-0.2, 0) is 4.79 Å². The van der Waals surface area contributed by atoms with Crippen LogP contribution in [0, 0.1) is 0 Å². The number of ketones is 1. The van der Waals surface area contributed by atoms with E-state index in [1.54, 1.807) is 36.4 Å². The molecule has 5 rings (SSSR count). The molecule has 0 N–H and O–H groups in total. The van der Waals surface area contributed by atoms with Gasteiger partial charge in [0.15, 0.2) is 6.10 Å². The second-order valence-electron chi connectivity index (χ2n) is 8.32. The van der Waals surface area contributed by atoms with Crippen LogP contribution < -0.4 is 4.74 Å². The molecule has 0 spiro atoms. The fraction of sp³-hybridized carbons (Fsp3) is 0.357. The van der Waals surface area contributed by atoms with E-state index in [0.29, 0.717) is 23.9 Å². The number of para-hydroxylation sites is 2. The van der Waals surface area contributed by atoms with Crippen molar-refractivity contribution in [2.45, 2.75) is 46.1 Å². The second-order valence-corrected chi connectivity index (χ2v) is 8.32. The number of Topliss-reactive ketones (excluding diaryl/α,β-unsaturated/α-hetero) is 1. The summed E-state index contributed by atoms with van der Waals surface area (Å²) in [5, 5.41) is 8.91. The van der Waals surface area contributed by atoms with E-state index in [1.165, 1.54) is 42.1 Å². The van der Waals surface area contributed by atoms with Gasteiger partial charge in [0.2, 0.25) is 0 Å². The lowest BCUT2D eigenvalue weighted by Crippen LogP contribution is -2.55. The molecule has 214 valence electrons. The van der Waals surface area contributed by atoms with E-state index in [1.807, 2.05) is 26.0 Å². The largest absolute Gasteiger partial charge is 0.452 e. The number of aromatic nitrogens is 5. The van der Waals surface area contributed by atoms with Crippen molar-refractivity contribution >= 4 is 22.6 Å². The van der Waals surface area contributed by atoms with E-state index < -0.39 is 24.4 Å². The summed E-state index contributed by atoms with van der Waals surface area (Å²) in [6, 6.07) is 13.8. The highest BCUT2D eigenvalue weighted by molar-refractivity contribution is 5.97. The Hall–Kier alpha value is -4.35. The SMILES string of the molecule is CC.CC(C)=O.CF.O=C(c1ccccc1-n1nccn1)N1CCC(F)(F)C(Oc2ncc3ccccc3n2)C1. The number of carbonyl (C=O) groups is 2. The standard InChI is InChI=1S/C22H18F2N6O2.C3H6O.C2H6.CH3F/c23-22(24)9-12-29(20(31)16-6-2-4-8-18(16)30-26-10-11-27-30)14-19(22)32-21-25-13-15-5-1-3-7-17(15)28-21;1-3(2)4;2*1-2/h1-8,10-11,13,19H,9,12,14H2;1-2H3;1-2H3;1H3. The Bertz CT molecular complexity index is 1360. The highest BCUT2D eigenvalue weighted by atomic mass is 19.3. The molecule has 40 heavy (non-hydrogen) atoms. The number of rotatable bonds is 4. The molecule has 9 nitrogen and oxygen atoms in total. The molecule has 1 fully saturated rings. The predicted molar refractivity (Wildman–Crippen MR) is 146 cm³/mol. The molecule has 0 radical (unpaired) electrons. The molecule has 3 heterocycles. The summed E-state index contributed by atoms with van der Waals surface area (Å²) in [6.45, 7) is 6.65. The Labute approximate surface area is 231 Å². The van der Waals surface area contributed by atoms with E-state index in [2.05, 4.69) is 20.2 Å². The molecule has 1 aliphatic rings. The molecule has 1 amide bonds. The molecule has 1 atom stereocenters. The fourth-order valence-electron chi connectivity index (χ4n) is 3.66. The summed E-state index contributed by atoms with van der Waals surface area (Å²) in [5.74, 6) is -3.36. The Kier molecular flexibility index (Phi) is 12.2. The summed E-state index contributed by atoms with van der Waals surface area (Å²) in [6.07, 6.45) is 2.41. The lowest BCUT2D eigenvalue weighted by atomic mass is 10.0. The normalized spacial score (nSPS) is 15.3. The number of carbonyl (C=O) groups excluding carboxylic acids is 2. The van der Waals surface area contributed by atoms with Gasteiger partial charge >= 0.3 is 6.01 Å². The lowest BCUT2D eigenvalue weighted by Gasteiger charge is -2.37. The van der Waals surface area contributed by atoms with Crippen LogP contribution in [0.25, 0.3) is 16.6 Å². The van der Waals surface area contributed by atoms with Crippen molar-refractivity contribution in [3.05, 3.63) is 72.7 Å². The van der Waals surface area contributed by atoms with Crippen molar-refractivity contribution in [3.8, 4) is 11.7 Å². The number of benzene rings is 2. The molecule has 0 saturated carbocycles. The number of hydrogen-bond acceptors (Lipinski definition) is 7. The first-order valence-corrected chi connectivity index (χ1v) is 12.6. The first-order valence-electron chi connectivity index (χ1n) is 12.6. The number of amides is 1. The Morgan fingerprint density at radius 3 is 2.25 bits per heavy atom. The third-order valence-corrected chi connectivity index (χ3v) is 5.34. The number of hydrogen-bond donors (Lipinski definition) is 0. The summed E-state index contributed by atoms with van der Waals surface area (Å²) in [5.41, 5.74) is 1.37. The third kappa shape index (κ3) is 8.32. The molecule has 4 aromatic rings. The third-order valence-electron chi connectivity index (χ3n) is 5.34. The van der Waals surface area contributed by atoms with E-state index in [0.717, 1.165) is 5.39 Å². The summed E-state index contributed by atoms with van der Waals surface area (Å²) >= 11 is 0. The van der Waals surface area contributed by atoms with Gasteiger partial charge in [-0.25, -0.2) is 13.8 Å². The van der Waals surface area contributed by atoms with Crippen molar-refractivity contribution in [2.75, 3.05) is 20.3 Å². The summed E-state index contributed by atoms with van der Waals surface area (Å²) < 4.78 is 44.3. The van der Waals surface area contributed by atoms with Crippen LogP contribution in [0.4, 0.5) is 13.2 Å². The van der Waals surface area contributed by atoms with E-state index in [-0.39, 0.29) is 24.9 Å². The van der Waals surface area contributed by atoms with Gasteiger partial charge in [0, 0.05) is 24.5 Å². The first-order chi connectivity index (χ1) is 19.2. The van der Waals surface area contributed by atoms with Gasteiger partial charge in [-0.1, -0.05) is 44.2 Å². The zero-order valence-corrected chi connectivity index (χ0v) is 23.1. The predicted octanol–water partition coefficient (Wildman–Crippen LogP) is 5.35. The van der Waals surface area contributed by atoms with Crippen molar-refractivity contribution in [2.24, 2.45) is 0 Å². The van der Waals surface area contributed by atoms with Crippen molar-refractivity contribution < 1.29 is 27.5 Å². The van der Waals surface area contributed by atoms with Gasteiger partial charge in [0.25, 0.3) is 11.8 Å². The van der Waals surface area contributed by atoms with E-state index in [9.17, 15) is 22.8 Å². The zero-order valence-electron chi connectivity index (χ0n) is 23.1. The second kappa shape index (κ2) is 15.3. The van der Waals surface area contributed by atoms with Gasteiger partial charge < -0.3 is 14.4 Å². The quantitative estimate of drug-likeness (QED) is 0.333. The average Bonchev–Trinajstić information content (AvgIpc) is 3.51.